The van der Waals surface area contributed by atoms with Gasteiger partial charge in [-0.05, 0) is 32.1 Å². The number of hydrogen-bond donors (Lipinski definition) is 2. The molecule has 1 saturated carbocycles. The van der Waals surface area contributed by atoms with Crippen LogP contribution in [0.1, 0.15) is 46.0 Å². The van der Waals surface area contributed by atoms with E-state index >= 15 is 0 Å². The molecule has 0 aromatic heterocycles. The molecule has 1 aliphatic carbocycles. The van der Waals surface area contributed by atoms with Crippen LogP contribution < -0.4 is 5.32 Å². The topological polar surface area (TPSA) is 58.6 Å². The number of carbonyl (C=O) groups excluding carboxylic acids is 1. The van der Waals surface area contributed by atoms with Gasteiger partial charge in [-0.2, -0.15) is 0 Å². The summed E-state index contributed by atoms with van der Waals surface area (Å²) in [6, 6.07) is 0.0233. The van der Waals surface area contributed by atoms with Crippen LogP contribution in [0.4, 0.5) is 0 Å². The molecule has 0 saturated heterocycles. The standard InChI is InChI=1S/C13H25NO3/c1-3-11(13(16)17-4-2)14-12-8-6-5-7-10(12)9-15/h10-12,14-15H,3-9H2,1-2H3. The molecule has 0 amide bonds. The molecule has 3 atom stereocenters. The van der Waals surface area contributed by atoms with Gasteiger partial charge in [0, 0.05) is 12.6 Å². The first-order valence-electron chi connectivity index (χ1n) is 6.76. The third-order valence-corrected chi connectivity index (χ3v) is 3.54. The summed E-state index contributed by atoms with van der Waals surface area (Å²) in [7, 11) is 0. The van der Waals surface area contributed by atoms with Crippen molar-refractivity contribution in [3.63, 3.8) is 0 Å². The molecule has 0 aromatic carbocycles. The predicted octanol–water partition coefficient (Wildman–Crippen LogP) is 1.47. The Morgan fingerprint density at radius 2 is 2.12 bits per heavy atom. The summed E-state index contributed by atoms with van der Waals surface area (Å²) in [5.74, 6) is 0.115. The van der Waals surface area contributed by atoms with Crippen molar-refractivity contribution < 1.29 is 14.6 Å². The number of rotatable bonds is 6. The Morgan fingerprint density at radius 1 is 1.41 bits per heavy atom. The van der Waals surface area contributed by atoms with Gasteiger partial charge in [-0.25, -0.2) is 0 Å². The van der Waals surface area contributed by atoms with Gasteiger partial charge < -0.3 is 15.2 Å². The molecule has 2 N–H and O–H groups in total. The van der Waals surface area contributed by atoms with E-state index in [2.05, 4.69) is 5.32 Å². The second kappa shape index (κ2) is 7.67. The fourth-order valence-electron chi connectivity index (χ4n) is 2.50. The minimum absolute atomic E-state index is 0.169. The normalized spacial score (nSPS) is 26.5. The van der Waals surface area contributed by atoms with Crippen molar-refractivity contribution in [1.29, 1.82) is 0 Å². The summed E-state index contributed by atoms with van der Waals surface area (Å²) in [4.78, 5) is 11.7. The van der Waals surface area contributed by atoms with E-state index in [1.165, 1.54) is 12.8 Å². The zero-order valence-electron chi connectivity index (χ0n) is 10.9. The number of aliphatic hydroxyl groups is 1. The van der Waals surface area contributed by atoms with Crippen molar-refractivity contribution in [1.82, 2.24) is 5.32 Å². The van der Waals surface area contributed by atoms with Crippen molar-refractivity contribution in [2.45, 2.75) is 58.0 Å². The van der Waals surface area contributed by atoms with Crippen molar-refractivity contribution in [2.24, 2.45) is 5.92 Å². The third kappa shape index (κ3) is 4.28. The number of ether oxygens (including phenoxy) is 1. The Kier molecular flexibility index (Phi) is 6.52. The first-order chi connectivity index (χ1) is 8.22. The Balaban J connectivity index is 2.50. The first-order valence-corrected chi connectivity index (χ1v) is 6.76. The largest absolute Gasteiger partial charge is 0.465 e. The van der Waals surface area contributed by atoms with E-state index in [9.17, 15) is 9.90 Å². The van der Waals surface area contributed by atoms with Gasteiger partial charge in [-0.3, -0.25) is 4.79 Å². The summed E-state index contributed by atoms with van der Waals surface area (Å²) in [5.41, 5.74) is 0. The molecule has 1 fully saturated rings. The van der Waals surface area contributed by atoms with Gasteiger partial charge in [-0.15, -0.1) is 0 Å². The molecule has 0 bridgehead atoms. The summed E-state index contributed by atoms with van der Waals surface area (Å²) < 4.78 is 5.04. The highest BCUT2D eigenvalue weighted by molar-refractivity contribution is 5.75. The molecular formula is C13H25NO3. The highest BCUT2D eigenvalue weighted by atomic mass is 16.5. The van der Waals surface area contributed by atoms with Crippen molar-refractivity contribution >= 4 is 5.97 Å². The van der Waals surface area contributed by atoms with E-state index in [4.69, 9.17) is 4.74 Å². The monoisotopic (exact) mass is 243 g/mol. The number of esters is 1. The molecule has 1 rings (SSSR count). The average molecular weight is 243 g/mol. The van der Waals surface area contributed by atoms with Crippen LogP contribution in [-0.2, 0) is 9.53 Å². The molecule has 0 heterocycles. The molecule has 0 spiro atoms. The van der Waals surface area contributed by atoms with Crippen LogP contribution in [0.25, 0.3) is 0 Å². The zero-order valence-corrected chi connectivity index (χ0v) is 10.9. The SMILES string of the molecule is CCOC(=O)C(CC)NC1CCCCC1CO. The van der Waals surface area contributed by atoms with E-state index in [0.29, 0.717) is 6.61 Å². The fraction of sp³-hybridized carbons (Fsp3) is 0.923. The molecule has 4 heteroatoms. The molecule has 0 radical (unpaired) electrons. The molecule has 3 unspecified atom stereocenters. The highest BCUT2D eigenvalue weighted by Crippen LogP contribution is 2.24. The molecule has 0 aliphatic heterocycles. The van der Waals surface area contributed by atoms with Crippen LogP contribution in [0.3, 0.4) is 0 Å². The lowest BCUT2D eigenvalue weighted by atomic mass is 9.84. The summed E-state index contributed by atoms with van der Waals surface area (Å²) >= 11 is 0. The van der Waals surface area contributed by atoms with E-state index < -0.39 is 0 Å². The summed E-state index contributed by atoms with van der Waals surface area (Å²) in [5, 5.41) is 12.7. The zero-order chi connectivity index (χ0) is 12.7. The van der Waals surface area contributed by atoms with Gasteiger partial charge in [0.05, 0.1) is 6.61 Å². The van der Waals surface area contributed by atoms with Gasteiger partial charge in [-0.1, -0.05) is 19.8 Å². The highest BCUT2D eigenvalue weighted by Gasteiger charge is 2.28. The van der Waals surface area contributed by atoms with Gasteiger partial charge in [0.25, 0.3) is 0 Å². The maximum atomic E-state index is 11.7. The summed E-state index contributed by atoms with van der Waals surface area (Å²) in [6.07, 6.45) is 5.18. The Bertz CT molecular complexity index is 233. The number of aliphatic hydroxyl groups excluding tert-OH is 1. The molecule has 1 aliphatic rings. The summed E-state index contributed by atoms with van der Waals surface area (Å²) in [6.45, 7) is 4.43. The van der Waals surface area contributed by atoms with E-state index in [-0.39, 0.29) is 30.6 Å². The quantitative estimate of drug-likeness (QED) is 0.694. The van der Waals surface area contributed by atoms with Gasteiger partial charge in [0.1, 0.15) is 6.04 Å². The Labute approximate surface area is 104 Å². The van der Waals surface area contributed by atoms with Gasteiger partial charge in [0.15, 0.2) is 0 Å². The Morgan fingerprint density at radius 3 is 2.71 bits per heavy atom. The lowest BCUT2D eigenvalue weighted by Crippen LogP contribution is -2.49. The first kappa shape index (κ1) is 14.5. The molecular weight excluding hydrogens is 218 g/mol. The maximum Gasteiger partial charge on any atom is 0.323 e. The molecule has 4 nitrogen and oxygen atoms in total. The lowest BCUT2D eigenvalue weighted by molar-refractivity contribution is -0.146. The van der Waals surface area contributed by atoms with Gasteiger partial charge >= 0.3 is 5.97 Å². The van der Waals surface area contributed by atoms with E-state index in [1.54, 1.807) is 0 Å². The minimum Gasteiger partial charge on any atom is -0.465 e. The van der Waals surface area contributed by atoms with Crippen LogP contribution in [0.2, 0.25) is 0 Å². The van der Waals surface area contributed by atoms with Crippen molar-refractivity contribution in [3.8, 4) is 0 Å². The number of hydrogen-bond acceptors (Lipinski definition) is 4. The van der Waals surface area contributed by atoms with E-state index in [1.807, 2.05) is 13.8 Å². The molecule has 0 aromatic rings. The predicted molar refractivity (Wildman–Crippen MR) is 66.7 cm³/mol. The van der Waals surface area contributed by atoms with Gasteiger partial charge in [0.2, 0.25) is 0 Å². The molecule has 100 valence electrons. The maximum absolute atomic E-state index is 11.7. The Hall–Kier alpha value is -0.610. The molecule has 17 heavy (non-hydrogen) atoms. The number of carbonyl (C=O) groups is 1. The van der Waals surface area contributed by atoms with Crippen LogP contribution in [0.5, 0.6) is 0 Å². The second-order valence-electron chi connectivity index (χ2n) is 4.71. The smallest absolute Gasteiger partial charge is 0.323 e. The lowest BCUT2D eigenvalue weighted by Gasteiger charge is -2.33. The fourth-order valence-corrected chi connectivity index (χ4v) is 2.50. The van der Waals surface area contributed by atoms with Crippen LogP contribution in [0.15, 0.2) is 0 Å². The van der Waals surface area contributed by atoms with Crippen LogP contribution in [0, 0.1) is 5.92 Å². The third-order valence-electron chi connectivity index (χ3n) is 3.54. The number of nitrogens with one attached hydrogen (secondary N) is 1. The van der Waals surface area contributed by atoms with E-state index in [0.717, 1.165) is 19.3 Å². The second-order valence-corrected chi connectivity index (χ2v) is 4.71. The van der Waals surface area contributed by atoms with Crippen molar-refractivity contribution in [2.75, 3.05) is 13.2 Å². The van der Waals surface area contributed by atoms with Crippen LogP contribution in [-0.4, -0.2) is 36.4 Å². The minimum atomic E-state index is -0.230. The van der Waals surface area contributed by atoms with Crippen LogP contribution >= 0.6 is 0 Å². The van der Waals surface area contributed by atoms with Crippen molar-refractivity contribution in [3.05, 3.63) is 0 Å². The average Bonchev–Trinajstić information content (AvgIpc) is 2.36.